The minimum absolute atomic E-state index is 0.190. The van der Waals surface area contributed by atoms with Crippen molar-refractivity contribution < 1.29 is 9.53 Å². The van der Waals surface area contributed by atoms with E-state index in [1.807, 2.05) is 13.0 Å². The highest BCUT2D eigenvalue weighted by molar-refractivity contribution is 5.97. The molecule has 4 nitrogen and oxygen atoms in total. The van der Waals surface area contributed by atoms with Crippen LogP contribution in [0, 0.1) is 6.92 Å². The molecule has 0 saturated heterocycles. The van der Waals surface area contributed by atoms with Gasteiger partial charge in [-0.3, -0.25) is 0 Å². The third-order valence-corrected chi connectivity index (χ3v) is 4.19. The lowest BCUT2D eigenvalue weighted by Gasteiger charge is -2.43. The Hall–Kier alpha value is -1.71. The number of benzene rings is 1. The van der Waals surface area contributed by atoms with Gasteiger partial charge >= 0.3 is 5.97 Å². The molecule has 1 aliphatic rings. The van der Waals surface area contributed by atoms with Crippen molar-refractivity contribution in [3.8, 4) is 0 Å². The van der Waals surface area contributed by atoms with Gasteiger partial charge in [0, 0.05) is 16.9 Å². The number of nitrogens with one attached hydrogen (secondary N) is 1. The van der Waals surface area contributed by atoms with Crippen LogP contribution in [-0.4, -0.2) is 18.6 Å². The summed E-state index contributed by atoms with van der Waals surface area (Å²) < 4.78 is 4.78. The maximum Gasteiger partial charge on any atom is 0.340 e. The Kier molecular flexibility index (Phi) is 3.69. The van der Waals surface area contributed by atoms with Gasteiger partial charge in [-0.05, 0) is 50.3 Å². The fourth-order valence-electron chi connectivity index (χ4n) is 2.63. The SMILES string of the molecule is CCC1(Nc2cc(C)c(N)c(C(=O)OC)c2)CCC1. The van der Waals surface area contributed by atoms with Crippen molar-refractivity contribution >= 4 is 17.3 Å². The summed E-state index contributed by atoms with van der Waals surface area (Å²) in [6, 6.07) is 3.79. The number of hydrogen-bond acceptors (Lipinski definition) is 4. The summed E-state index contributed by atoms with van der Waals surface area (Å²) in [5.74, 6) is -0.386. The normalized spacial score (nSPS) is 16.6. The van der Waals surface area contributed by atoms with Gasteiger partial charge in [-0.25, -0.2) is 4.79 Å². The summed E-state index contributed by atoms with van der Waals surface area (Å²) >= 11 is 0. The molecule has 1 fully saturated rings. The molecule has 1 aromatic rings. The molecule has 1 aliphatic carbocycles. The number of carbonyl (C=O) groups excluding carboxylic acids is 1. The van der Waals surface area contributed by atoms with Gasteiger partial charge in [-0.1, -0.05) is 6.92 Å². The summed E-state index contributed by atoms with van der Waals surface area (Å²) in [6.45, 7) is 4.10. The summed E-state index contributed by atoms with van der Waals surface area (Å²) in [4.78, 5) is 11.7. The van der Waals surface area contributed by atoms with Crippen molar-refractivity contribution in [2.75, 3.05) is 18.2 Å². The summed E-state index contributed by atoms with van der Waals surface area (Å²) in [7, 11) is 1.37. The van der Waals surface area contributed by atoms with Crippen LogP contribution in [0.5, 0.6) is 0 Å². The first-order valence-corrected chi connectivity index (χ1v) is 6.78. The quantitative estimate of drug-likeness (QED) is 0.646. The van der Waals surface area contributed by atoms with Crippen molar-refractivity contribution in [1.82, 2.24) is 0 Å². The zero-order valence-electron chi connectivity index (χ0n) is 11.9. The predicted octanol–water partition coefficient (Wildman–Crippen LogP) is 3.11. The lowest BCUT2D eigenvalue weighted by Crippen LogP contribution is -2.44. The number of hydrogen-bond donors (Lipinski definition) is 2. The Morgan fingerprint density at radius 2 is 2.16 bits per heavy atom. The van der Waals surface area contributed by atoms with Crippen LogP contribution >= 0.6 is 0 Å². The molecule has 0 heterocycles. The van der Waals surface area contributed by atoms with E-state index in [1.165, 1.54) is 26.4 Å². The van der Waals surface area contributed by atoms with E-state index in [4.69, 9.17) is 10.5 Å². The van der Waals surface area contributed by atoms with E-state index in [1.54, 1.807) is 6.07 Å². The molecule has 0 unspecified atom stereocenters. The zero-order chi connectivity index (χ0) is 14.0. The molecule has 3 N–H and O–H groups in total. The molecular weight excluding hydrogens is 240 g/mol. The first kappa shape index (κ1) is 13.7. The van der Waals surface area contributed by atoms with Crippen LogP contribution in [0.3, 0.4) is 0 Å². The number of nitrogens with two attached hydrogens (primary N) is 1. The third-order valence-electron chi connectivity index (χ3n) is 4.19. The number of esters is 1. The first-order chi connectivity index (χ1) is 9.01. The van der Waals surface area contributed by atoms with Crippen LogP contribution in [0.15, 0.2) is 12.1 Å². The van der Waals surface area contributed by atoms with Gasteiger partial charge in [0.2, 0.25) is 0 Å². The Balaban J connectivity index is 2.31. The van der Waals surface area contributed by atoms with Crippen LogP contribution in [0.4, 0.5) is 11.4 Å². The van der Waals surface area contributed by atoms with Gasteiger partial charge in [0.15, 0.2) is 0 Å². The van der Waals surface area contributed by atoms with E-state index in [9.17, 15) is 4.79 Å². The number of rotatable bonds is 4. The average molecular weight is 262 g/mol. The molecule has 0 atom stereocenters. The molecule has 4 heteroatoms. The Morgan fingerprint density at radius 1 is 1.47 bits per heavy atom. The monoisotopic (exact) mass is 262 g/mol. The van der Waals surface area contributed by atoms with Crippen LogP contribution < -0.4 is 11.1 Å². The highest BCUT2D eigenvalue weighted by Gasteiger charge is 2.35. The summed E-state index contributed by atoms with van der Waals surface area (Å²) in [5, 5.41) is 3.57. The Labute approximate surface area is 114 Å². The fourth-order valence-corrected chi connectivity index (χ4v) is 2.63. The van der Waals surface area contributed by atoms with Gasteiger partial charge in [-0.15, -0.1) is 0 Å². The van der Waals surface area contributed by atoms with Crippen molar-refractivity contribution in [3.63, 3.8) is 0 Å². The van der Waals surface area contributed by atoms with Gasteiger partial charge in [0.05, 0.1) is 12.7 Å². The van der Waals surface area contributed by atoms with Crippen molar-refractivity contribution in [2.24, 2.45) is 0 Å². The van der Waals surface area contributed by atoms with E-state index in [-0.39, 0.29) is 11.5 Å². The standard InChI is InChI=1S/C15H22N2O2/c1-4-15(6-5-7-15)17-11-8-10(2)13(16)12(9-11)14(18)19-3/h8-9,17H,4-7,16H2,1-3H3. The summed E-state index contributed by atoms with van der Waals surface area (Å²) in [5.41, 5.74) is 8.92. The molecule has 1 aromatic carbocycles. The van der Waals surface area contributed by atoms with Crippen LogP contribution in [0.1, 0.15) is 48.5 Å². The van der Waals surface area contributed by atoms with Gasteiger partial charge < -0.3 is 15.8 Å². The van der Waals surface area contributed by atoms with Crippen molar-refractivity contribution in [1.29, 1.82) is 0 Å². The second kappa shape index (κ2) is 5.11. The van der Waals surface area contributed by atoms with Gasteiger partial charge in [0.25, 0.3) is 0 Å². The average Bonchev–Trinajstić information content (AvgIpc) is 2.36. The molecule has 0 spiro atoms. The second-order valence-electron chi connectivity index (χ2n) is 5.36. The molecule has 0 aliphatic heterocycles. The topological polar surface area (TPSA) is 64.3 Å². The number of aryl methyl sites for hydroxylation is 1. The van der Waals surface area contributed by atoms with E-state index < -0.39 is 0 Å². The van der Waals surface area contributed by atoms with Crippen molar-refractivity contribution in [2.45, 2.75) is 45.1 Å². The van der Waals surface area contributed by atoms with Crippen LogP contribution in [0.2, 0.25) is 0 Å². The zero-order valence-corrected chi connectivity index (χ0v) is 11.9. The molecule has 0 bridgehead atoms. The van der Waals surface area contributed by atoms with E-state index in [2.05, 4.69) is 12.2 Å². The van der Waals surface area contributed by atoms with Crippen molar-refractivity contribution in [3.05, 3.63) is 23.3 Å². The molecule has 0 amide bonds. The maximum atomic E-state index is 11.7. The fraction of sp³-hybridized carbons (Fsp3) is 0.533. The highest BCUT2D eigenvalue weighted by atomic mass is 16.5. The molecular formula is C15H22N2O2. The van der Waals surface area contributed by atoms with Crippen LogP contribution in [0.25, 0.3) is 0 Å². The first-order valence-electron chi connectivity index (χ1n) is 6.78. The highest BCUT2D eigenvalue weighted by Crippen LogP contribution is 2.38. The van der Waals surface area contributed by atoms with E-state index >= 15 is 0 Å². The Morgan fingerprint density at radius 3 is 2.63 bits per heavy atom. The third kappa shape index (κ3) is 2.53. The molecule has 104 valence electrons. The predicted molar refractivity (Wildman–Crippen MR) is 77.4 cm³/mol. The minimum atomic E-state index is -0.386. The summed E-state index contributed by atoms with van der Waals surface area (Å²) in [6.07, 6.45) is 4.71. The number of carbonyl (C=O) groups is 1. The molecule has 0 aromatic heterocycles. The maximum absolute atomic E-state index is 11.7. The number of anilines is 2. The number of methoxy groups -OCH3 is 1. The lowest BCUT2D eigenvalue weighted by molar-refractivity contribution is 0.0602. The molecule has 19 heavy (non-hydrogen) atoms. The Bertz CT molecular complexity index is 488. The smallest absolute Gasteiger partial charge is 0.340 e. The minimum Gasteiger partial charge on any atom is -0.465 e. The van der Waals surface area contributed by atoms with Crippen LogP contribution in [-0.2, 0) is 4.74 Å². The van der Waals surface area contributed by atoms with Gasteiger partial charge in [0.1, 0.15) is 0 Å². The largest absolute Gasteiger partial charge is 0.465 e. The molecule has 1 saturated carbocycles. The number of nitrogen functional groups attached to an aromatic ring is 1. The second-order valence-corrected chi connectivity index (χ2v) is 5.36. The lowest BCUT2D eigenvalue weighted by atomic mass is 9.74. The van der Waals surface area contributed by atoms with Gasteiger partial charge in [-0.2, -0.15) is 0 Å². The number of ether oxygens (including phenoxy) is 1. The van der Waals surface area contributed by atoms with E-state index in [0.29, 0.717) is 11.3 Å². The molecule has 0 radical (unpaired) electrons. The molecule has 2 rings (SSSR count). The van der Waals surface area contributed by atoms with E-state index in [0.717, 1.165) is 17.7 Å².